The highest BCUT2D eigenvalue weighted by atomic mass is 16.5. The predicted octanol–water partition coefficient (Wildman–Crippen LogP) is 0.487. The molecule has 0 heterocycles. The van der Waals surface area contributed by atoms with Crippen LogP contribution >= 0.6 is 0 Å². The number of hydrogen-bond donors (Lipinski definition) is 3. The van der Waals surface area contributed by atoms with Gasteiger partial charge in [-0.2, -0.15) is 10.4 Å². The van der Waals surface area contributed by atoms with E-state index in [4.69, 9.17) is 16.4 Å². The number of benzene rings is 1. The number of ether oxygens (including phenoxy) is 2. The van der Waals surface area contributed by atoms with Crippen molar-refractivity contribution in [3.05, 3.63) is 29.3 Å². The van der Waals surface area contributed by atoms with Crippen LogP contribution in [0.15, 0.2) is 23.3 Å². The van der Waals surface area contributed by atoms with Crippen LogP contribution < -0.4 is 11.2 Å². The van der Waals surface area contributed by atoms with Crippen LogP contribution in [0.2, 0.25) is 0 Å². The van der Waals surface area contributed by atoms with Crippen molar-refractivity contribution in [1.82, 2.24) is 0 Å². The maximum atomic E-state index is 11.6. The number of anilines is 1. The van der Waals surface area contributed by atoms with E-state index in [-0.39, 0.29) is 22.5 Å². The van der Waals surface area contributed by atoms with Crippen LogP contribution in [0.4, 0.5) is 5.69 Å². The standard InChI is InChI=1S/C13H13N5O4/c1-21-12(19)7-3-8(13(20)22-2)5-9(4-7)17-18-10(6-14)11(15)16/h3-5,17H,1-2H3,(H3,15,16)/b18-10+. The molecule has 0 radical (unpaired) electrons. The molecule has 0 aliphatic heterocycles. The molecule has 22 heavy (non-hydrogen) atoms. The summed E-state index contributed by atoms with van der Waals surface area (Å²) >= 11 is 0. The van der Waals surface area contributed by atoms with Crippen LogP contribution in [0, 0.1) is 16.7 Å². The molecule has 9 nitrogen and oxygen atoms in total. The Morgan fingerprint density at radius 3 is 2.09 bits per heavy atom. The molecule has 0 amide bonds. The van der Waals surface area contributed by atoms with Crippen molar-refractivity contribution in [1.29, 1.82) is 10.7 Å². The van der Waals surface area contributed by atoms with Crippen LogP contribution in [-0.4, -0.2) is 37.7 Å². The van der Waals surface area contributed by atoms with Gasteiger partial charge in [-0.15, -0.1) is 0 Å². The van der Waals surface area contributed by atoms with Gasteiger partial charge in [0.05, 0.1) is 31.0 Å². The van der Waals surface area contributed by atoms with E-state index in [2.05, 4.69) is 20.0 Å². The summed E-state index contributed by atoms with van der Waals surface area (Å²) in [4.78, 5) is 23.2. The number of nitrogens with zero attached hydrogens (tertiary/aromatic N) is 2. The van der Waals surface area contributed by atoms with Gasteiger partial charge < -0.3 is 15.2 Å². The fourth-order valence-electron chi connectivity index (χ4n) is 1.43. The lowest BCUT2D eigenvalue weighted by Gasteiger charge is -2.07. The lowest BCUT2D eigenvalue weighted by atomic mass is 10.1. The van der Waals surface area contributed by atoms with Gasteiger partial charge in [0.15, 0.2) is 5.84 Å². The molecule has 0 unspecified atom stereocenters. The minimum Gasteiger partial charge on any atom is -0.465 e. The quantitative estimate of drug-likeness (QED) is 0.310. The first-order valence-corrected chi connectivity index (χ1v) is 5.82. The van der Waals surface area contributed by atoms with Crippen molar-refractivity contribution in [2.45, 2.75) is 0 Å². The van der Waals surface area contributed by atoms with E-state index in [9.17, 15) is 9.59 Å². The van der Waals surface area contributed by atoms with Gasteiger partial charge in [-0.25, -0.2) is 9.59 Å². The number of nitrogens with two attached hydrogens (primary N) is 1. The van der Waals surface area contributed by atoms with Crippen molar-refractivity contribution in [3.8, 4) is 6.07 Å². The third-order valence-corrected chi connectivity index (χ3v) is 2.43. The van der Waals surface area contributed by atoms with Crippen LogP contribution in [0.25, 0.3) is 0 Å². The van der Waals surface area contributed by atoms with Crippen LogP contribution in [0.3, 0.4) is 0 Å². The molecule has 1 rings (SSSR count). The number of hydrogen-bond acceptors (Lipinski definition) is 8. The Morgan fingerprint density at radius 1 is 1.23 bits per heavy atom. The van der Waals surface area contributed by atoms with Crippen molar-refractivity contribution < 1.29 is 19.1 Å². The predicted molar refractivity (Wildman–Crippen MR) is 77.7 cm³/mol. The van der Waals surface area contributed by atoms with Crippen molar-refractivity contribution in [2.75, 3.05) is 19.6 Å². The van der Waals surface area contributed by atoms with Gasteiger partial charge in [-0.3, -0.25) is 10.8 Å². The molecule has 1 aromatic carbocycles. The largest absolute Gasteiger partial charge is 0.465 e. The second kappa shape index (κ2) is 7.39. The molecule has 1 aromatic rings. The van der Waals surface area contributed by atoms with Gasteiger partial charge in [0, 0.05) is 0 Å². The molecule has 114 valence electrons. The zero-order chi connectivity index (χ0) is 16.7. The minimum absolute atomic E-state index is 0.0874. The second-order valence-electron chi connectivity index (χ2n) is 3.88. The normalized spacial score (nSPS) is 10.3. The number of hydrazone groups is 1. The summed E-state index contributed by atoms with van der Waals surface area (Å²) in [7, 11) is 2.39. The topological polar surface area (TPSA) is 151 Å². The van der Waals surface area contributed by atoms with E-state index < -0.39 is 17.8 Å². The zero-order valence-electron chi connectivity index (χ0n) is 11.8. The molecule has 0 bridgehead atoms. The van der Waals surface area contributed by atoms with Gasteiger partial charge in [0.2, 0.25) is 5.71 Å². The lowest BCUT2D eigenvalue weighted by Crippen LogP contribution is -2.22. The van der Waals surface area contributed by atoms with Crippen LogP contribution in [0.1, 0.15) is 20.7 Å². The van der Waals surface area contributed by atoms with Gasteiger partial charge in [-0.1, -0.05) is 0 Å². The van der Waals surface area contributed by atoms with E-state index in [1.807, 2.05) is 0 Å². The summed E-state index contributed by atoms with van der Waals surface area (Å²) in [5.74, 6) is -1.85. The van der Waals surface area contributed by atoms with Crippen molar-refractivity contribution in [3.63, 3.8) is 0 Å². The maximum absolute atomic E-state index is 11.6. The number of nitrogens with one attached hydrogen (secondary N) is 2. The second-order valence-corrected chi connectivity index (χ2v) is 3.88. The Bertz CT molecular complexity index is 656. The van der Waals surface area contributed by atoms with E-state index in [0.717, 1.165) is 0 Å². The van der Waals surface area contributed by atoms with E-state index in [1.165, 1.54) is 32.4 Å². The molecular weight excluding hydrogens is 290 g/mol. The molecule has 0 spiro atoms. The van der Waals surface area contributed by atoms with E-state index >= 15 is 0 Å². The highest BCUT2D eigenvalue weighted by Crippen LogP contribution is 2.17. The first-order valence-electron chi connectivity index (χ1n) is 5.82. The Labute approximate surface area is 125 Å². The van der Waals surface area contributed by atoms with Crippen LogP contribution in [-0.2, 0) is 9.47 Å². The summed E-state index contributed by atoms with van der Waals surface area (Å²) in [5.41, 5.74) is 7.65. The number of carbonyl (C=O) groups excluding carboxylic acids is 2. The van der Waals surface area contributed by atoms with Gasteiger partial charge in [0.1, 0.15) is 6.07 Å². The average Bonchev–Trinajstić information content (AvgIpc) is 2.53. The lowest BCUT2D eigenvalue weighted by molar-refractivity contribution is 0.0599. The average molecular weight is 303 g/mol. The molecule has 0 aliphatic rings. The summed E-state index contributed by atoms with van der Waals surface area (Å²) in [5, 5.41) is 19.5. The molecule has 9 heteroatoms. The Balaban J connectivity index is 3.24. The first kappa shape index (κ1) is 16.6. The van der Waals surface area contributed by atoms with Crippen molar-refractivity contribution in [2.24, 2.45) is 10.8 Å². The number of nitriles is 1. The molecule has 0 saturated carbocycles. The Morgan fingerprint density at radius 2 is 1.73 bits per heavy atom. The molecule has 0 atom stereocenters. The zero-order valence-corrected chi connectivity index (χ0v) is 11.8. The molecule has 0 saturated heterocycles. The third-order valence-electron chi connectivity index (χ3n) is 2.43. The molecule has 0 aliphatic carbocycles. The minimum atomic E-state index is -0.662. The van der Waals surface area contributed by atoms with Gasteiger partial charge >= 0.3 is 11.9 Å². The summed E-state index contributed by atoms with van der Waals surface area (Å²) in [6.45, 7) is 0. The number of methoxy groups -OCH3 is 2. The molecule has 0 fully saturated rings. The fourth-order valence-corrected chi connectivity index (χ4v) is 1.43. The summed E-state index contributed by atoms with van der Waals surface area (Å²) in [6, 6.07) is 5.63. The molecular formula is C13H13N5O4. The fraction of sp³-hybridized carbons (Fsp3) is 0.154. The number of esters is 2. The Kier molecular flexibility index (Phi) is 5.59. The highest BCUT2D eigenvalue weighted by Gasteiger charge is 2.14. The highest BCUT2D eigenvalue weighted by molar-refractivity contribution is 6.45. The Hall–Kier alpha value is -3.41. The summed E-state index contributed by atoms with van der Waals surface area (Å²) in [6.07, 6.45) is 0. The van der Waals surface area contributed by atoms with Gasteiger partial charge in [0.25, 0.3) is 0 Å². The third kappa shape index (κ3) is 4.04. The van der Waals surface area contributed by atoms with E-state index in [1.54, 1.807) is 6.07 Å². The summed E-state index contributed by atoms with van der Waals surface area (Å²) < 4.78 is 9.17. The number of carbonyl (C=O) groups is 2. The maximum Gasteiger partial charge on any atom is 0.337 e. The monoisotopic (exact) mass is 303 g/mol. The van der Waals surface area contributed by atoms with E-state index in [0.29, 0.717) is 0 Å². The molecule has 0 aromatic heterocycles. The molecule has 4 N–H and O–H groups in total. The van der Waals surface area contributed by atoms with Gasteiger partial charge in [-0.05, 0) is 18.2 Å². The van der Waals surface area contributed by atoms with Crippen LogP contribution in [0.5, 0.6) is 0 Å². The first-order chi connectivity index (χ1) is 10.4. The SMILES string of the molecule is COC(=O)c1cc(N/N=C(\C#N)C(=N)N)cc(C(=O)OC)c1. The smallest absolute Gasteiger partial charge is 0.337 e. The number of amidine groups is 1. The van der Waals surface area contributed by atoms with Crippen molar-refractivity contribution >= 4 is 29.2 Å². The number of rotatable bonds is 5.